The quantitative estimate of drug-likeness (QED) is 0.711. The van der Waals surface area contributed by atoms with Crippen LogP contribution in [0.25, 0.3) is 5.69 Å². The molecule has 8 nitrogen and oxygen atoms in total. The maximum Gasteiger partial charge on any atom is 0.170 e. The Morgan fingerprint density at radius 3 is 2.84 bits per heavy atom. The van der Waals surface area contributed by atoms with Gasteiger partial charge in [-0.05, 0) is 35.0 Å². The number of nitrogens with zero attached hydrogens (tertiary/aromatic N) is 8. The molecule has 1 aliphatic rings. The van der Waals surface area contributed by atoms with Gasteiger partial charge < -0.3 is 4.57 Å². The minimum Gasteiger partial charge on any atom is -0.313 e. The first-order valence-corrected chi connectivity index (χ1v) is 8.32. The first kappa shape index (κ1) is 15.8. The molecule has 0 N–H and O–H groups in total. The number of hydrogen-bond acceptors (Lipinski definition) is 6. The molecule has 1 aromatic carbocycles. The molecule has 0 spiro atoms. The first-order valence-electron chi connectivity index (χ1n) is 8.32. The summed E-state index contributed by atoms with van der Waals surface area (Å²) in [6.07, 6.45) is 0.873. The van der Waals surface area contributed by atoms with Crippen molar-refractivity contribution in [3.05, 3.63) is 47.1 Å². The van der Waals surface area contributed by atoms with Gasteiger partial charge in [-0.3, -0.25) is 4.90 Å². The fourth-order valence-electron chi connectivity index (χ4n) is 3.14. The minimum absolute atomic E-state index is 0.342. The zero-order valence-corrected chi connectivity index (χ0v) is 14.2. The number of halogens is 1. The fourth-order valence-corrected chi connectivity index (χ4v) is 3.14. The second-order valence-electron chi connectivity index (χ2n) is 6.21. The van der Waals surface area contributed by atoms with Crippen molar-refractivity contribution in [2.75, 3.05) is 6.54 Å². The van der Waals surface area contributed by atoms with E-state index in [9.17, 15) is 4.39 Å². The molecule has 0 saturated carbocycles. The smallest absolute Gasteiger partial charge is 0.170 e. The van der Waals surface area contributed by atoms with E-state index in [4.69, 9.17) is 0 Å². The Labute approximate surface area is 144 Å². The lowest BCUT2D eigenvalue weighted by molar-refractivity contribution is 0.201. The molecule has 1 aliphatic heterocycles. The van der Waals surface area contributed by atoms with Crippen LogP contribution in [-0.2, 0) is 26.1 Å². The summed E-state index contributed by atoms with van der Waals surface area (Å²) in [5.74, 6) is 2.23. The molecule has 2 aromatic heterocycles. The Morgan fingerprint density at radius 1 is 1.12 bits per heavy atom. The second kappa shape index (κ2) is 6.32. The van der Waals surface area contributed by atoms with E-state index in [-0.39, 0.29) is 5.82 Å². The number of tetrazole rings is 1. The monoisotopic (exact) mass is 342 g/mol. The Kier molecular flexibility index (Phi) is 4.00. The molecule has 0 saturated heterocycles. The van der Waals surface area contributed by atoms with Gasteiger partial charge in [-0.25, -0.2) is 4.39 Å². The maximum absolute atomic E-state index is 14.2. The van der Waals surface area contributed by atoms with Crippen molar-refractivity contribution in [2.45, 2.75) is 39.9 Å². The third-order valence-electron chi connectivity index (χ3n) is 4.45. The molecule has 9 heteroatoms. The number of aromatic nitrogens is 7. The van der Waals surface area contributed by atoms with Crippen LogP contribution in [0.2, 0.25) is 0 Å². The molecule has 0 fully saturated rings. The Balaban J connectivity index is 1.57. The van der Waals surface area contributed by atoms with Crippen molar-refractivity contribution >= 4 is 0 Å². The van der Waals surface area contributed by atoms with Crippen LogP contribution in [0.1, 0.15) is 30.0 Å². The van der Waals surface area contributed by atoms with Crippen LogP contribution in [0.4, 0.5) is 4.39 Å². The lowest BCUT2D eigenvalue weighted by atomic mass is 10.2. The molecule has 4 rings (SSSR count). The van der Waals surface area contributed by atoms with Crippen molar-refractivity contribution in [1.82, 2.24) is 39.9 Å². The summed E-state index contributed by atoms with van der Waals surface area (Å²) in [6, 6.07) is 4.91. The molecule has 25 heavy (non-hydrogen) atoms. The van der Waals surface area contributed by atoms with Gasteiger partial charge in [0, 0.05) is 19.5 Å². The van der Waals surface area contributed by atoms with Crippen LogP contribution in [0.15, 0.2) is 18.2 Å². The largest absolute Gasteiger partial charge is 0.313 e. The zero-order valence-electron chi connectivity index (χ0n) is 14.2. The highest BCUT2D eigenvalue weighted by Gasteiger charge is 2.23. The van der Waals surface area contributed by atoms with Crippen LogP contribution >= 0.6 is 0 Å². The lowest BCUT2D eigenvalue weighted by Gasteiger charge is -2.27. The van der Waals surface area contributed by atoms with E-state index in [1.165, 1.54) is 10.7 Å². The third-order valence-corrected chi connectivity index (χ3v) is 4.45. The Bertz CT molecular complexity index is 899. The molecule has 0 atom stereocenters. The van der Waals surface area contributed by atoms with Crippen LogP contribution in [-0.4, -0.2) is 46.4 Å². The SMILES string of the molecule is CCc1nnc2n1CCN(Cc1nnnn1-c1cc(C)ccc1F)C2. The van der Waals surface area contributed by atoms with Gasteiger partial charge in [0.2, 0.25) is 0 Å². The number of rotatable bonds is 4. The summed E-state index contributed by atoms with van der Waals surface area (Å²) in [7, 11) is 0. The average molecular weight is 342 g/mol. The lowest BCUT2D eigenvalue weighted by Crippen LogP contribution is -2.34. The van der Waals surface area contributed by atoms with E-state index in [0.717, 1.165) is 36.7 Å². The summed E-state index contributed by atoms with van der Waals surface area (Å²) in [6.45, 7) is 6.88. The topological polar surface area (TPSA) is 77.6 Å². The van der Waals surface area contributed by atoms with Gasteiger partial charge in [0.1, 0.15) is 23.2 Å². The second-order valence-corrected chi connectivity index (χ2v) is 6.21. The van der Waals surface area contributed by atoms with Crippen LogP contribution in [0, 0.1) is 12.7 Å². The van der Waals surface area contributed by atoms with Crippen molar-refractivity contribution in [2.24, 2.45) is 0 Å². The van der Waals surface area contributed by atoms with Crippen LogP contribution < -0.4 is 0 Å². The third kappa shape index (κ3) is 2.91. The number of fused-ring (bicyclic) bond motifs is 1. The first-order chi connectivity index (χ1) is 12.2. The van der Waals surface area contributed by atoms with E-state index in [0.29, 0.717) is 24.6 Å². The molecule has 0 radical (unpaired) electrons. The summed E-state index contributed by atoms with van der Waals surface area (Å²) >= 11 is 0. The van der Waals surface area contributed by atoms with Gasteiger partial charge in [0.15, 0.2) is 5.82 Å². The average Bonchev–Trinajstić information content (AvgIpc) is 3.23. The van der Waals surface area contributed by atoms with Crippen molar-refractivity contribution < 1.29 is 4.39 Å². The van der Waals surface area contributed by atoms with E-state index in [1.807, 2.05) is 6.92 Å². The van der Waals surface area contributed by atoms with Crippen molar-refractivity contribution in [3.63, 3.8) is 0 Å². The van der Waals surface area contributed by atoms with E-state index >= 15 is 0 Å². The van der Waals surface area contributed by atoms with E-state index < -0.39 is 0 Å². The highest BCUT2D eigenvalue weighted by molar-refractivity contribution is 5.36. The summed E-state index contributed by atoms with van der Waals surface area (Å²) in [5.41, 5.74) is 1.32. The Morgan fingerprint density at radius 2 is 2.00 bits per heavy atom. The summed E-state index contributed by atoms with van der Waals surface area (Å²) in [4.78, 5) is 2.19. The number of hydrogen-bond donors (Lipinski definition) is 0. The van der Waals surface area contributed by atoms with Gasteiger partial charge in [0.25, 0.3) is 0 Å². The molecule has 0 unspecified atom stereocenters. The van der Waals surface area contributed by atoms with Gasteiger partial charge in [-0.2, -0.15) is 4.68 Å². The molecular weight excluding hydrogens is 323 g/mol. The van der Waals surface area contributed by atoms with Crippen molar-refractivity contribution in [1.29, 1.82) is 0 Å². The van der Waals surface area contributed by atoms with Gasteiger partial charge >= 0.3 is 0 Å². The standard InChI is InChI=1S/C16H19FN8/c1-3-14-18-19-15-9-23(6-7-24(14)15)10-16-20-21-22-25(16)13-8-11(2)4-5-12(13)17/h4-5,8H,3,6-7,9-10H2,1-2H3. The molecule has 3 aromatic rings. The van der Waals surface area contributed by atoms with Gasteiger partial charge in [-0.15, -0.1) is 15.3 Å². The molecule has 130 valence electrons. The summed E-state index contributed by atoms with van der Waals surface area (Å²) < 4.78 is 17.8. The molecule has 0 bridgehead atoms. The van der Waals surface area contributed by atoms with Crippen LogP contribution in [0.3, 0.4) is 0 Å². The van der Waals surface area contributed by atoms with Gasteiger partial charge in [-0.1, -0.05) is 13.0 Å². The van der Waals surface area contributed by atoms with Crippen LogP contribution in [0.5, 0.6) is 0 Å². The Hall–Kier alpha value is -2.68. The minimum atomic E-state index is -0.342. The number of aryl methyl sites for hydroxylation is 2. The highest BCUT2D eigenvalue weighted by Crippen LogP contribution is 2.18. The fraction of sp³-hybridized carbons (Fsp3) is 0.438. The molecule has 3 heterocycles. The molecular formula is C16H19FN8. The highest BCUT2D eigenvalue weighted by atomic mass is 19.1. The number of benzene rings is 1. The predicted octanol–water partition coefficient (Wildman–Crippen LogP) is 1.28. The van der Waals surface area contributed by atoms with Crippen molar-refractivity contribution in [3.8, 4) is 5.69 Å². The molecule has 0 aliphatic carbocycles. The summed E-state index contributed by atoms with van der Waals surface area (Å²) in [5, 5.41) is 20.3. The normalized spacial score (nSPS) is 14.7. The molecule has 0 amide bonds. The maximum atomic E-state index is 14.2. The zero-order chi connectivity index (χ0) is 17.4. The van der Waals surface area contributed by atoms with E-state index in [1.54, 1.807) is 12.1 Å². The van der Waals surface area contributed by atoms with Gasteiger partial charge in [0.05, 0.1) is 13.1 Å². The predicted molar refractivity (Wildman–Crippen MR) is 87.4 cm³/mol. The van der Waals surface area contributed by atoms with E-state index in [2.05, 4.69) is 42.1 Å².